The molecule has 0 spiro atoms. The van der Waals surface area contributed by atoms with Crippen LogP contribution in [0.4, 0.5) is 4.39 Å². The largest absolute Gasteiger partial charge is 0.496 e. The average molecular weight is 523 g/mol. The summed E-state index contributed by atoms with van der Waals surface area (Å²) >= 11 is 5.90. The fraction of sp³-hybridized carbons (Fsp3) is 0.583. The summed E-state index contributed by atoms with van der Waals surface area (Å²) < 4.78 is 39.5. The Hall–Kier alpha value is -1.91. The molecule has 196 valence electrons. The van der Waals surface area contributed by atoms with Gasteiger partial charge in [-0.2, -0.15) is 0 Å². The highest BCUT2D eigenvalue weighted by atomic mass is 35.5. The molecule has 8 nitrogen and oxygen atoms in total. The monoisotopic (exact) mass is 522 g/mol. The minimum atomic E-state index is -0.801. The predicted octanol–water partition coefficient (Wildman–Crippen LogP) is 2.16. The van der Waals surface area contributed by atoms with Gasteiger partial charge in [0.15, 0.2) is 5.82 Å². The molecule has 4 rings (SSSR count). The summed E-state index contributed by atoms with van der Waals surface area (Å²) in [4.78, 5) is 22.8. The van der Waals surface area contributed by atoms with Crippen LogP contribution in [0.5, 0.6) is 0 Å². The van der Waals surface area contributed by atoms with Crippen molar-refractivity contribution in [2.75, 3.05) is 0 Å². The Labute approximate surface area is 216 Å². The number of aromatic nitrogens is 2. The quantitative estimate of drug-likeness (QED) is 0.563. The molecule has 0 aromatic carbocycles. The first-order valence-corrected chi connectivity index (χ1v) is 12.1. The Morgan fingerprint density at radius 2 is 1.03 bits per heavy atom. The highest BCUT2D eigenvalue weighted by Crippen LogP contribution is 2.37. The van der Waals surface area contributed by atoms with Gasteiger partial charge in [0.1, 0.15) is 5.02 Å². The van der Waals surface area contributed by atoms with Gasteiger partial charge in [0.05, 0.1) is 22.4 Å². The lowest BCUT2D eigenvalue weighted by Gasteiger charge is -2.32. The SMILES string of the molecule is Cn1cc(B2OC(C)(C)C(C)(C)O2)cc(Cl)c1=O.Cn1cc(B2OC(C)(C)C(C)(C)O2)cc(F)c1=O. The lowest BCUT2D eigenvalue weighted by Crippen LogP contribution is -2.41. The zero-order chi connectivity index (χ0) is 27.4. The van der Waals surface area contributed by atoms with E-state index >= 15 is 0 Å². The second-order valence-corrected chi connectivity index (χ2v) is 11.7. The standard InChI is InChI=1S/C12H17BClNO3.C12H17BFNO3/c2*1-11(2)12(3,4)18-13(17-11)8-6-9(14)10(16)15(5)7-8/h2*6-7H,1-5H3. The summed E-state index contributed by atoms with van der Waals surface area (Å²) in [6.07, 6.45) is 3.23. The maximum atomic E-state index is 13.4. The van der Waals surface area contributed by atoms with Crippen LogP contribution in [0.3, 0.4) is 0 Å². The van der Waals surface area contributed by atoms with Gasteiger partial charge in [-0.3, -0.25) is 9.59 Å². The van der Waals surface area contributed by atoms with Crippen LogP contribution in [0.1, 0.15) is 55.4 Å². The maximum absolute atomic E-state index is 13.4. The van der Waals surface area contributed by atoms with E-state index in [1.54, 1.807) is 19.3 Å². The molecule has 0 bridgehead atoms. The second kappa shape index (κ2) is 9.44. The fourth-order valence-corrected chi connectivity index (χ4v) is 3.87. The van der Waals surface area contributed by atoms with Crippen molar-refractivity contribution in [3.63, 3.8) is 0 Å². The summed E-state index contributed by atoms with van der Waals surface area (Å²) in [5, 5.41) is 0.171. The molecule has 2 fully saturated rings. The van der Waals surface area contributed by atoms with Gasteiger partial charge in [-0.05, 0) is 67.5 Å². The molecule has 36 heavy (non-hydrogen) atoms. The van der Waals surface area contributed by atoms with Gasteiger partial charge in [-0.15, -0.1) is 0 Å². The summed E-state index contributed by atoms with van der Waals surface area (Å²) in [6, 6.07) is 2.77. The first-order chi connectivity index (χ1) is 16.3. The first kappa shape index (κ1) is 28.7. The van der Waals surface area contributed by atoms with Crippen LogP contribution in [0.15, 0.2) is 34.1 Å². The van der Waals surface area contributed by atoms with Crippen molar-refractivity contribution in [3.8, 4) is 0 Å². The molecule has 2 aliphatic rings. The van der Waals surface area contributed by atoms with E-state index in [0.29, 0.717) is 5.46 Å². The van der Waals surface area contributed by atoms with E-state index < -0.39 is 48.0 Å². The number of hydrogen-bond donors (Lipinski definition) is 0. The normalized spacial score (nSPS) is 21.3. The van der Waals surface area contributed by atoms with Crippen LogP contribution < -0.4 is 22.0 Å². The Morgan fingerprint density at radius 3 is 1.36 bits per heavy atom. The van der Waals surface area contributed by atoms with E-state index in [0.717, 1.165) is 5.46 Å². The third-order valence-electron chi connectivity index (χ3n) is 7.37. The molecular formula is C24H34B2ClFN2O6. The molecular weight excluding hydrogens is 488 g/mol. The van der Waals surface area contributed by atoms with Crippen molar-refractivity contribution in [1.82, 2.24) is 9.13 Å². The van der Waals surface area contributed by atoms with E-state index in [1.807, 2.05) is 55.4 Å². The number of halogens is 2. The predicted molar refractivity (Wildman–Crippen MR) is 140 cm³/mol. The van der Waals surface area contributed by atoms with Gasteiger partial charge < -0.3 is 27.8 Å². The van der Waals surface area contributed by atoms with Crippen LogP contribution in [-0.2, 0) is 32.7 Å². The zero-order valence-electron chi connectivity index (χ0n) is 22.6. The Balaban J connectivity index is 0.000000201. The highest BCUT2D eigenvalue weighted by molar-refractivity contribution is 6.62. The molecule has 0 aliphatic carbocycles. The van der Waals surface area contributed by atoms with Crippen molar-refractivity contribution >= 4 is 36.8 Å². The van der Waals surface area contributed by atoms with E-state index in [4.69, 9.17) is 30.2 Å². The van der Waals surface area contributed by atoms with Gasteiger partial charge in [-0.25, -0.2) is 4.39 Å². The number of pyridine rings is 2. The van der Waals surface area contributed by atoms with Gasteiger partial charge in [0.25, 0.3) is 11.1 Å². The van der Waals surface area contributed by atoms with Crippen molar-refractivity contribution in [3.05, 3.63) is 56.1 Å². The third-order valence-corrected chi connectivity index (χ3v) is 7.64. The number of rotatable bonds is 2. The van der Waals surface area contributed by atoms with Crippen LogP contribution in [-0.4, -0.2) is 45.8 Å². The minimum Gasteiger partial charge on any atom is -0.399 e. The van der Waals surface area contributed by atoms with Crippen molar-refractivity contribution in [1.29, 1.82) is 0 Å². The van der Waals surface area contributed by atoms with E-state index in [-0.39, 0.29) is 10.6 Å². The Morgan fingerprint density at radius 1 is 0.694 bits per heavy atom. The number of nitrogens with zero attached hydrogens (tertiary/aromatic N) is 2. The van der Waals surface area contributed by atoms with Gasteiger partial charge >= 0.3 is 14.2 Å². The van der Waals surface area contributed by atoms with E-state index in [9.17, 15) is 14.0 Å². The first-order valence-electron chi connectivity index (χ1n) is 11.7. The topological polar surface area (TPSA) is 80.9 Å². The van der Waals surface area contributed by atoms with Gasteiger partial charge in [-0.1, -0.05) is 11.6 Å². The number of aryl methyl sites for hydroxylation is 2. The molecule has 12 heteroatoms. The van der Waals surface area contributed by atoms with Crippen molar-refractivity contribution in [2.45, 2.75) is 77.8 Å². The average Bonchev–Trinajstić information content (AvgIpc) is 3.09. The molecule has 0 saturated carbocycles. The molecule has 0 amide bonds. The lowest BCUT2D eigenvalue weighted by molar-refractivity contribution is 0.00578. The van der Waals surface area contributed by atoms with E-state index in [1.165, 1.54) is 28.4 Å². The smallest absolute Gasteiger partial charge is 0.399 e. The maximum Gasteiger partial charge on any atom is 0.496 e. The van der Waals surface area contributed by atoms with Gasteiger partial charge in [0, 0.05) is 37.4 Å². The minimum absolute atomic E-state index is 0.171. The van der Waals surface area contributed by atoms with Crippen molar-refractivity contribution < 1.29 is 23.0 Å². The molecule has 2 aliphatic heterocycles. The van der Waals surface area contributed by atoms with Crippen LogP contribution in [0, 0.1) is 5.82 Å². The number of hydrogen-bond acceptors (Lipinski definition) is 6. The lowest BCUT2D eigenvalue weighted by atomic mass is 9.80. The molecule has 0 unspecified atom stereocenters. The summed E-state index contributed by atoms with van der Waals surface area (Å²) in [6.45, 7) is 15.6. The van der Waals surface area contributed by atoms with Gasteiger partial charge in [0.2, 0.25) is 0 Å². The summed E-state index contributed by atoms with van der Waals surface area (Å²) in [5.41, 5.74) is -1.40. The zero-order valence-corrected chi connectivity index (χ0v) is 23.3. The molecule has 0 radical (unpaired) electrons. The molecule has 0 atom stereocenters. The fourth-order valence-electron chi connectivity index (χ4n) is 3.61. The third kappa shape index (κ3) is 5.36. The highest BCUT2D eigenvalue weighted by Gasteiger charge is 2.53. The van der Waals surface area contributed by atoms with Crippen LogP contribution in [0.25, 0.3) is 0 Å². The van der Waals surface area contributed by atoms with Crippen LogP contribution >= 0.6 is 11.6 Å². The molecule has 2 aromatic heterocycles. The Bertz CT molecular complexity index is 1090. The van der Waals surface area contributed by atoms with Crippen molar-refractivity contribution in [2.24, 2.45) is 14.1 Å². The Kier molecular flexibility index (Phi) is 7.51. The second-order valence-electron chi connectivity index (χ2n) is 11.3. The molecule has 2 saturated heterocycles. The van der Waals surface area contributed by atoms with Crippen LogP contribution in [0.2, 0.25) is 5.02 Å². The molecule has 0 N–H and O–H groups in total. The summed E-state index contributed by atoms with van der Waals surface area (Å²) in [5.74, 6) is -0.801. The molecule has 4 heterocycles. The molecule has 2 aromatic rings. The van der Waals surface area contributed by atoms with E-state index in [2.05, 4.69) is 0 Å². The summed E-state index contributed by atoms with van der Waals surface area (Å²) in [7, 11) is 2.00.